The van der Waals surface area contributed by atoms with E-state index in [9.17, 15) is 4.79 Å². The minimum absolute atomic E-state index is 0.0169. The first-order chi connectivity index (χ1) is 9.25. The van der Waals surface area contributed by atoms with Gasteiger partial charge in [0.15, 0.2) is 0 Å². The molecule has 0 aliphatic heterocycles. The van der Waals surface area contributed by atoms with Crippen molar-refractivity contribution in [1.82, 2.24) is 5.32 Å². The average Bonchev–Trinajstić information content (AvgIpc) is 3.31. The minimum Gasteiger partial charge on any atom is -0.351 e. The molecule has 1 amide bonds. The summed E-state index contributed by atoms with van der Waals surface area (Å²) in [5, 5.41) is 5.00. The van der Waals surface area contributed by atoms with E-state index in [1.54, 1.807) is 0 Å². The van der Waals surface area contributed by atoms with Crippen LogP contribution in [0.3, 0.4) is 0 Å². The number of amides is 1. The van der Waals surface area contributed by atoms with E-state index in [-0.39, 0.29) is 5.91 Å². The van der Waals surface area contributed by atoms with Crippen LogP contribution in [0.1, 0.15) is 40.9 Å². The van der Waals surface area contributed by atoms with Gasteiger partial charge in [0, 0.05) is 12.1 Å². The average molecular weight is 274 g/mol. The molecule has 0 atom stereocenters. The number of nitrogens with one attached hydrogen (secondary N) is 1. The number of carbonyl (C=O) groups excluding carboxylic acids is 1. The molecule has 4 heteroatoms. The summed E-state index contributed by atoms with van der Waals surface area (Å²) >= 11 is 1.45. The Kier molecular flexibility index (Phi) is 3.34. The summed E-state index contributed by atoms with van der Waals surface area (Å²) < 4.78 is 0. The molecule has 3 N–H and O–H groups in total. The second kappa shape index (κ2) is 4.99. The molecular formula is C15H18N2OS. The van der Waals surface area contributed by atoms with Crippen molar-refractivity contribution in [2.75, 3.05) is 13.1 Å². The summed E-state index contributed by atoms with van der Waals surface area (Å²) in [5.74, 6) is 6.64. The SMILES string of the molecule is NCC#Cc1ccsc1C(=O)NCC1(C2CC2)CC1. The summed E-state index contributed by atoms with van der Waals surface area (Å²) in [5.41, 5.74) is 6.60. The topological polar surface area (TPSA) is 55.1 Å². The molecule has 3 nitrogen and oxygen atoms in total. The number of thiophene rings is 1. The van der Waals surface area contributed by atoms with Crippen LogP contribution >= 0.6 is 11.3 Å². The molecule has 1 aromatic rings. The van der Waals surface area contributed by atoms with Crippen molar-refractivity contribution in [1.29, 1.82) is 0 Å². The molecule has 0 radical (unpaired) electrons. The Labute approximate surface area is 117 Å². The van der Waals surface area contributed by atoms with Crippen LogP contribution in [0.5, 0.6) is 0 Å². The van der Waals surface area contributed by atoms with E-state index in [0.29, 0.717) is 16.8 Å². The number of hydrogen-bond donors (Lipinski definition) is 2. The molecule has 100 valence electrons. The number of rotatable bonds is 4. The summed E-state index contributed by atoms with van der Waals surface area (Å²) in [6, 6.07) is 1.88. The Balaban J connectivity index is 1.62. The standard InChI is InChI=1S/C15H18N2OS/c16-8-1-2-11-5-9-19-13(11)14(18)17-10-15(6-7-15)12-3-4-12/h5,9,12H,3-4,6-8,10,16H2,(H,17,18). The normalized spacial score (nSPS) is 19.4. The summed E-state index contributed by atoms with van der Waals surface area (Å²) in [6.07, 6.45) is 5.26. The van der Waals surface area contributed by atoms with E-state index >= 15 is 0 Å². The Bertz CT molecular complexity index is 544. The lowest BCUT2D eigenvalue weighted by molar-refractivity contribution is 0.0946. The molecule has 19 heavy (non-hydrogen) atoms. The van der Waals surface area contributed by atoms with Crippen LogP contribution in [0, 0.1) is 23.2 Å². The van der Waals surface area contributed by atoms with Gasteiger partial charge in [-0.25, -0.2) is 0 Å². The number of hydrogen-bond acceptors (Lipinski definition) is 3. The summed E-state index contributed by atoms with van der Waals surface area (Å²) in [7, 11) is 0. The molecule has 2 saturated carbocycles. The quantitative estimate of drug-likeness (QED) is 0.825. The highest BCUT2D eigenvalue weighted by Gasteiger charge is 2.53. The molecule has 2 aliphatic rings. The van der Waals surface area contributed by atoms with E-state index in [1.165, 1.54) is 37.0 Å². The highest BCUT2D eigenvalue weighted by molar-refractivity contribution is 7.12. The molecule has 1 heterocycles. The van der Waals surface area contributed by atoms with Crippen LogP contribution in [0.15, 0.2) is 11.4 Å². The van der Waals surface area contributed by atoms with Gasteiger partial charge in [0.25, 0.3) is 5.91 Å². The van der Waals surface area contributed by atoms with Gasteiger partial charge in [-0.3, -0.25) is 4.79 Å². The maximum absolute atomic E-state index is 12.2. The van der Waals surface area contributed by atoms with Crippen molar-refractivity contribution in [3.8, 4) is 11.8 Å². The van der Waals surface area contributed by atoms with Gasteiger partial charge in [-0.05, 0) is 48.5 Å². The Morgan fingerprint density at radius 2 is 2.32 bits per heavy atom. The van der Waals surface area contributed by atoms with Crippen LogP contribution in [0.4, 0.5) is 0 Å². The first-order valence-corrected chi connectivity index (χ1v) is 7.68. The van der Waals surface area contributed by atoms with Gasteiger partial charge in [0.05, 0.1) is 6.54 Å². The third-order valence-electron chi connectivity index (χ3n) is 4.13. The van der Waals surface area contributed by atoms with E-state index in [0.717, 1.165) is 18.0 Å². The zero-order chi connectivity index (χ0) is 13.3. The third-order valence-corrected chi connectivity index (χ3v) is 5.05. The van der Waals surface area contributed by atoms with Gasteiger partial charge in [-0.1, -0.05) is 11.8 Å². The van der Waals surface area contributed by atoms with E-state index in [4.69, 9.17) is 5.73 Å². The molecule has 3 rings (SSSR count). The molecule has 0 spiro atoms. The Morgan fingerprint density at radius 3 is 2.95 bits per heavy atom. The largest absolute Gasteiger partial charge is 0.351 e. The van der Waals surface area contributed by atoms with Crippen molar-refractivity contribution >= 4 is 17.2 Å². The van der Waals surface area contributed by atoms with Gasteiger partial charge < -0.3 is 11.1 Å². The Hall–Kier alpha value is -1.31. The summed E-state index contributed by atoms with van der Waals surface area (Å²) in [4.78, 5) is 12.9. The fraction of sp³-hybridized carbons (Fsp3) is 0.533. The van der Waals surface area contributed by atoms with Crippen molar-refractivity contribution in [2.45, 2.75) is 25.7 Å². The first-order valence-electron chi connectivity index (χ1n) is 6.80. The lowest BCUT2D eigenvalue weighted by Gasteiger charge is -2.14. The molecule has 1 aromatic heterocycles. The molecule has 0 bridgehead atoms. The van der Waals surface area contributed by atoms with Gasteiger partial charge in [-0.15, -0.1) is 11.3 Å². The molecule has 0 aromatic carbocycles. The van der Waals surface area contributed by atoms with Crippen LogP contribution < -0.4 is 11.1 Å². The second-order valence-corrected chi connectivity index (χ2v) is 6.40. The zero-order valence-corrected chi connectivity index (χ0v) is 11.7. The molecule has 0 saturated heterocycles. The van der Waals surface area contributed by atoms with Gasteiger partial charge in [0.2, 0.25) is 0 Å². The predicted molar refractivity (Wildman–Crippen MR) is 77.0 cm³/mol. The maximum Gasteiger partial charge on any atom is 0.262 e. The van der Waals surface area contributed by atoms with Crippen LogP contribution in [-0.4, -0.2) is 19.0 Å². The van der Waals surface area contributed by atoms with Crippen molar-refractivity contribution < 1.29 is 4.79 Å². The lowest BCUT2D eigenvalue weighted by atomic mass is 10.0. The predicted octanol–water partition coefficient (Wildman–Crippen LogP) is 1.98. The minimum atomic E-state index is 0.0169. The fourth-order valence-corrected chi connectivity index (χ4v) is 3.42. The van der Waals surface area contributed by atoms with Crippen molar-refractivity contribution in [3.05, 3.63) is 21.9 Å². The van der Waals surface area contributed by atoms with Crippen LogP contribution in [-0.2, 0) is 0 Å². The van der Waals surface area contributed by atoms with Gasteiger partial charge in [0.1, 0.15) is 4.88 Å². The maximum atomic E-state index is 12.2. The van der Waals surface area contributed by atoms with E-state index in [1.807, 2.05) is 11.4 Å². The molecular weight excluding hydrogens is 256 g/mol. The highest BCUT2D eigenvalue weighted by Crippen LogP contribution is 2.60. The van der Waals surface area contributed by atoms with E-state index < -0.39 is 0 Å². The zero-order valence-electron chi connectivity index (χ0n) is 10.9. The van der Waals surface area contributed by atoms with Crippen LogP contribution in [0.25, 0.3) is 0 Å². The van der Waals surface area contributed by atoms with Crippen molar-refractivity contribution in [3.63, 3.8) is 0 Å². The first kappa shape index (κ1) is 12.7. The number of nitrogens with two attached hydrogens (primary N) is 1. The van der Waals surface area contributed by atoms with Gasteiger partial charge in [-0.2, -0.15) is 0 Å². The lowest BCUT2D eigenvalue weighted by Crippen LogP contribution is -2.31. The molecule has 0 unspecified atom stereocenters. The molecule has 2 fully saturated rings. The van der Waals surface area contributed by atoms with Crippen LogP contribution in [0.2, 0.25) is 0 Å². The Morgan fingerprint density at radius 1 is 1.53 bits per heavy atom. The summed E-state index contributed by atoms with van der Waals surface area (Å²) in [6.45, 7) is 1.15. The van der Waals surface area contributed by atoms with Crippen molar-refractivity contribution in [2.24, 2.45) is 17.1 Å². The number of carbonyl (C=O) groups is 1. The highest BCUT2D eigenvalue weighted by atomic mass is 32.1. The second-order valence-electron chi connectivity index (χ2n) is 5.49. The fourth-order valence-electron chi connectivity index (χ4n) is 2.65. The smallest absolute Gasteiger partial charge is 0.262 e. The third kappa shape index (κ3) is 2.68. The molecule has 2 aliphatic carbocycles. The van der Waals surface area contributed by atoms with E-state index in [2.05, 4.69) is 17.2 Å². The monoisotopic (exact) mass is 274 g/mol. The van der Waals surface area contributed by atoms with Gasteiger partial charge >= 0.3 is 0 Å².